The van der Waals surface area contributed by atoms with Crippen molar-refractivity contribution in [3.63, 3.8) is 0 Å². The van der Waals surface area contributed by atoms with E-state index < -0.39 is 0 Å². The summed E-state index contributed by atoms with van der Waals surface area (Å²) >= 11 is 1.81. The van der Waals surface area contributed by atoms with Gasteiger partial charge in [0.1, 0.15) is 0 Å². The highest BCUT2D eigenvalue weighted by Gasteiger charge is 2.14. The maximum atomic E-state index is 5.69. The molecule has 16 heavy (non-hydrogen) atoms. The molecule has 1 fully saturated rings. The molecule has 0 aliphatic carbocycles. The molecule has 0 saturated carbocycles. The first-order chi connectivity index (χ1) is 7.77. The van der Waals surface area contributed by atoms with E-state index in [1.165, 1.54) is 10.6 Å². The van der Waals surface area contributed by atoms with Gasteiger partial charge in [0, 0.05) is 26.7 Å². The van der Waals surface area contributed by atoms with Crippen LogP contribution in [0, 0.1) is 6.92 Å². The summed E-state index contributed by atoms with van der Waals surface area (Å²) in [4.78, 5) is 2.33. The van der Waals surface area contributed by atoms with Crippen LogP contribution in [0.15, 0.2) is 11.4 Å². The number of hydrogen-bond acceptors (Lipinski definition) is 4. The van der Waals surface area contributed by atoms with Gasteiger partial charge in [-0.3, -0.25) is 0 Å². The number of aryl methyl sites for hydroxylation is 1. The van der Waals surface area contributed by atoms with E-state index in [2.05, 4.69) is 35.6 Å². The average Bonchev–Trinajstić information content (AvgIpc) is 2.74. The summed E-state index contributed by atoms with van der Waals surface area (Å²) in [6.07, 6.45) is 1.48. The third kappa shape index (κ3) is 2.97. The number of nitrogens with zero attached hydrogens (tertiary/aromatic N) is 1. The molecule has 0 amide bonds. The third-order valence-corrected chi connectivity index (χ3v) is 4.10. The van der Waals surface area contributed by atoms with Gasteiger partial charge in [-0.05, 0) is 30.4 Å². The molecule has 4 heteroatoms. The molecule has 1 saturated heterocycles. The molecular weight excluding hydrogens is 220 g/mol. The van der Waals surface area contributed by atoms with Crippen molar-refractivity contribution in [3.05, 3.63) is 17.0 Å². The average molecular weight is 240 g/mol. The largest absolute Gasteiger partial charge is 0.376 e. The first-order valence-corrected chi connectivity index (χ1v) is 6.73. The number of thiophene rings is 1. The maximum absolute atomic E-state index is 5.69. The van der Waals surface area contributed by atoms with Crippen molar-refractivity contribution in [3.8, 4) is 0 Å². The summed E-state index contributed by atoms with van der Waals surface area (Å²) in [6.45, 7) is 6.08. The minimum atomic E-state index is 0.386. The van der Waals surface area contributed by atoms with Gasteiger partial charge in [0.15, 0.2) is 0 Å². The lowest BCUT2D eigenvalue weighted by atomic mass is 10.2. The molecule has 1 N–H and O–H groups in total. The first kappa shape index (κ1) is 11.9. The zero-order chi connectivity index (χ0) is 11.4. The molecular formula is C12H20N2OS. The van der Waals surface area contributed by atoms with Crippen molar-refractivity contribution < 1.29 is 4.74 Å². The zero-order valence-electron chi connectivity index (χ0n) is 10.0. The monoisotopic (exact) mass is 240 g/mol. The van der Waals surface area contributed by atoms with Gasteiger partial charge in [-0.25, -0.2) is 0 Å². The van der Waals surface area contributed by atoms with Gasteiger partial charge >= 0.3 is 0 Å². The zero-order valence-corrected chi connectivity index (χ0v) is 10.8. The Labute approximate surface area is 101 Å². The fourth-order valence-electron chi connectivity index (χ4n) is 2.00. The van der Waals surface area contributed by atoms with Crippen LogP contribution in [0.2, 0.25) is 0 Å². The molecule has 0 aromatic carbocycles. The predicted molar refractivity (Wildman–Crippen MR) is 69.6 cm³/mol. The molecule has 0 spiro atoms. The predicted octanol–water partition coefficient (Wildman–Crippen LogP) is 1.87. The highest BCUT2D eigenvalue weighted by molar-refractivity contribution is 7.14. The molecule has 0 radical (unpaired) electrons. The van der Waals surface area contributed by atoms with Crippen LogP contribution in [-0.2, 0) is 4.74 Å². The van der Waals surface area contributed by atoms with Crippen molar-refractivity contribution in [2.45, 2.75) is 19.4 Å². The van der Waals surface area contributed by atoms with Gasteiger partial charge in [0.05, 0.1) is 17.7 Å². The number of hydrogen-bond donors (Lipinski definition) is 1. The van der Waals surface area contributed by atoms with E-state index in [0.717, 1.165) is 32.7 Å². The lowest BCUT2D eigenvalue weighted by Gasteiger charge is -2.26. The lowest BCUT2D eigenvalue weighted by molar-refractivity contribution is 0.0250. The molecule has 2 heterocycles. The number of anilines is 1. The SMILES string of the molecule is Cc1ccsc1N(C)CCC1CNCCO1. The number of morpholine rings is 1. The Hall–Kier alpha value is -0.580. The van der Waals surface area contributed by atoms with E-state index in [-0.39, 0.29) is 0 Å². The van der Waals surface area contributed by atoms with Crippen molar-refractivity contribution >= 4 is 16.3 Å². The highest BCUT2D eigenvalue weighted by Crippen LogP contribution is 2.25. The summed E-state index contributed by atoms with van der Waals surface area (Å²) in [5, 5.41) is 6.89. The van der Waals surface area contributed by atoms with Crippen LogP contribution in [-0.4, -0.2) is 39.4 Å². The Morgan fingerprint density at radius 1 is 1.62 bits per heavy atom. The molecule has 1 unspecified atom stereocenters. The lowest BCUT2D eigenvalue weighted by Crippen LogP contribution is -2.40. The normalized spacial score (nSPS) is 21.0. The van der Waals surface area contributed by atoms with Gasteiger partial charge in [-0.2, -0.15) is 0 Å². The second-order valence-corrected chi connectivity index (χ2v) is 5.21. The van der Waals surface area contributed by atoms with Crippen molar-refractivity contribution in [2.75, 3.05) is 38.2 Å². The van der Waals surface area contributed by atoms with Crippen LogP contribution < -0.4 is 10.2 Å². The number of rotatable bonds is 4. The number of nitrogens with one attached hydrogen (secondary N) is 1. The van der Waals surface area contributed by atoms with Gasteiger partial charge in [0.2, 0.25) is 0 Å². The quantitative estimate of drug-likeness (QED) is 0.869. The molecule has 0 bridgehead atoms. The Morgan fingerprint density at radius 3 is 3.12 bits per heavy atom. The Balaban J connectivity index is 1.79. The van der Waals surface area contributed by atoms with E-state index in [9.17, 15) is 0 Å². The minimum Gasteiger partial charge on any atom is -0.376 e. The summed E-state index contributed by atoms with van der Waals surface area (Å²) in [7, 11) is 2.16. The van der Waals surface area contributed by atoms with Crippen molar-refractivity contribution in [1.82, 2.24) is 5.32 Å². The Morgan fingerprint density at radius 2 is 2.50 bits per heavy atom. The van der Waals surface area contributed by atoms with Crippen LogP contribution in [0.25, 0.3) is 0 Å². The number of ether oxygens (including phenoxy) is 1. The van der Waals surface area contributed by atoms with E-state index in [4.69, 9.17) is 4.74 Å². The molecule has 1 atom stereocenters. The van der Waals surface area contributed by atoms with Crippen LogP contribution in [0.3, 0.4) is 0 Å². The summed E-state index contributed by atoms with van der Waals surface area (Å²) in [5.41, 5.74) is 1.37. The first-order valence-electron chi connectivity index (χ1n) is 5.85. The smallest absolute Gasteiger partial charge is 0.0935 e. The van der Waals surface area contributed by atoms with E-state index >= 15 is 0 Å². The van der Waals surface area contributed by atoms with E-state index in [1.807, 2.05) is 11.3 Å². The topological polar surface area (TPSA) is 24.5 Å². The molecule has 1 aliphatic rings. The van der Waals surface area contributed by atoms with Crippen LogP contribution in [0.5, 0.6) is 0 Å². The van der Waals surface area contributed by atoms with Gasteiger partial charge in [-0.1, -0.05) is 0 Å². The van der Waals surface area contributed by atoms with Gasteiger partial charge < -0.3 is 15.0 Å². The minimum absolute atomic E-state index is 0.386. The second-order valence-electron chi connectivity index (χ2n) is 4.32. The molecule has 1 aromatic rings. The van der Waals surface area contributed by atoms with Gasteiger partial charge in [-0.15, -0.1) is 11.3 Å². The van der Waals surface area contributed by atoms with Crippen molar-refractivity contribution in [1.29, 1.82) is 0 Å². The van der Waals surface area contributed by atoms with E-state index in [0.29, 0.717) is 6.10 Å². The van der Waals surface area contributed by atoms with Crippen LogP contribution in [0.1, 0.15) is 12.0 Å². The van der Waals surface area contributed by atoms with Gasteiger partial charge in [0.25, 0.3) is 0 Å². The van der Waals surface area contributed by atoms with Crippen LogP contribution in [0.4, 0.5) is 5.00 Å². The molecule has 1 aromatic heterocycles. The summed E-state index contributed by atoms with van der Waals surface area (Å²) in [6, 6.07) is 2.18. The molecule has 2 rings (SSSR count). The maximum Gasteiger partial charge on any atom is 0.0935 e. The fourth-order valence-corrected chi connectivity index (χ4v) is 2.93. The fraction of sp³-hybridized carbons (Fsp3) is 0.667. The van der Waals surface area contributed by atoms with Crippen LogP contribution >= 0.6 is 11.3 Å². The Bertz CT molecular complexity index is 321. The summed E-state index contributed by atoms with van der Waals surface area (Å²) < 4.78 is 5.69. The standard InChI is InChI=1S/C12H20N2OS/c1-10-4-8-16-12(10)14(2)6-3-11-9-13-5-7-15-11/h4,8,11,13H,3,5-7,9H2,1-2H3. The molecule has 1 aliphatic heterocycles. The highest BCUT2D eigenvalue weighted by atomic mass is 32.1. The Kier molecular flexibility index (Phi) is 4.21. The summed E-state index contributed by atoms with van der Waals surface area (Å²) in [5.74, 6) is 0. The van der Waals surface area contributed by atoms with E-state index in [1.54, 1.807) is 0 Å². The van der Waals surface area contributed by atoms with Crippen molar-refractivity contribution in [2.24, 2.45) is 0 Å². The third-order valence-electron chi connectivity index (χ3n) is 2.97. The second kappa shape index (κ2) is 5.66. The molecule has 90 valence electrons. The molecule has 3 nitrogen and oxygen atoms in total.